The van der Waals surface area contributed by atoms with Gasteiger partial charge in [-0.2, -0.15) is 0 Å². The first kappa shape index (κ1) is 15.6. The fourth-order valence-electron chi connectivity index (χ4n) is 2.05. The fraction of sp³-hybridized carbons (Fsp3) is 0.538. The highest BCUT2D eigenvalue weighted by atomic mass is 32.2. The van der Waals surface area contributed by atoms with Crippen LogP contribution in [-0.4, -0.2) is 37.9 Å². The fourth-order valence-corrected chi connectivity index (χ4v) is 3.06. The minimum Gasteiger partial charge on any atom is -0.468 e. The number of ether oxygens (including phenoxy) is 1. The number of H-pyrrole nitrogens is 1. The molecule has 114 valence electrons. The number of aromatic nitrogens is 4. The third-order valence-electron chi connectivity index (χ3n) is 3.04. The van der Waals surface area contributed by atoms with Crippen LogP contribution in [0.4, 0.5) is 0 Å². The molecular formula is C13H18N4O3S. The highest BCUT2D eigenvalue weighted by Crippen LogP contribution is 2.25. The van der Waals surface area contributed by atoms with Crippen LogP contribution in [-0.2, 0) is 16.0 Å². The van der Waals surface area contributed by atoms with Gasteiger partial charge in [-0.3, -0.25) is 19.0 Å². The summed E-state index contributed by atoms with van der Waals surface area (Å²) in [4.78, 5) is 26.0. The van der Waals surface area contributed by atoms with Crippen LogP contribution < -0.4 is 5.56 Å². The van der Waals surface area contributed by atoms with Crippen LogP contribution in [0.25, 0.3) is 5.78 Å². The Bertz CT molecular complexity index is 694. The number of esters is 1. The molecular weight excluding hydrogens is 292 g/mol. The molecule has 8 heteroatoms. The number of hydrogen-bond acceptors (Lipinski definition) is 6. The number of carbonyl (C=O) groups is 1. The summed E-state index contributed by atoms with van der Waals surface area (Å²) in [6, 6.07) is 1.54. The molecule has 2 aromatic heterocycles. The zero-order valence-corrected chi connectivity index (χ0v) is 13.1. The van der Waals surface area contributed by atoms with E-state index < -0.39 is 0 Å². The molecule has 0 saturated carbocycles. The predicted molar refractivity (Wildman–Crippen MR) is 79.6 cm³/mol. The van der Waals surface area contributed by atoms with Gasteiger partial charge in [0.15, 0.2) is 5.16 Å². The molecule has 0 spiro atoms. The molecule has 2 aromatic rings. The summed E-state index contributed by atoms with van der Waals surface area (Å²) < 4.78 is 6.58. The Kier molecular flexibility index (Phi) is 5.00. The summed E-state index contributed by atoms with van der Waals surface area (Å²) >= 11 is 1.30. The minimum atomic E-state index is -0.344. The SMILES string of the molecule is CCCc1cc(=O)[nH]c2nnc(S[C@H](CC)C(=O)OC)n12. The van der Waals surface area contributed by atoms with Gasteiger partial charge in [-0.05, 0) is 12.8 Å². The molecule has 0 amide bonds. The summed E-state index contributed by atoms with van der Waals surface area (Å²) in [5.74, 6) is 0.105. The van der Waals surface area contributed by atoms with Crippen molar-refractivity contribution in [2.45, 2.75) is 43.5 Å². The van der Waals surface area contributed by atoms with E-state index >= 15 is 0 Å². The molecule has 1 atom stereocenters. The summed E-state index contributed by atoms with van der Waals surface area (Å²) in [6.45, 7) is 3.94. The molecule has 0 aliphatic rings. The molecule has 21 heavy (non-hydrogen) atoms. The quantitative estimate of drug-likeness (QED) is 0.641. The maximum Gasteiger partial charge on any atom is 0.319 e. The number of nitrogens with one attached hydrogen (secondary N) is 1. The molecule has 1 N–H and O–H groups in total. The lowest BCUT2D eigenvalue weighted by Crippen LogP contribution is -2.18. The van der Waals surface area contributed by atoms with Crippen molar-refractivity contribution in [3.05, 3.63) is 22.1 Å². The Labute approximate surface area is 126 Å². The number of rotatable bonds is 6. The Morgan fingerprint density at radius 2 is 2.24 bits per heavy atom. The molecule has 0 radical (unpaired) electrons. The number of fused-ring (bicyclic) bond motifs is 1. The first-order chi connectivity index (χ1) is 10.1. The van der Waals surface area contributed by atoms with E-state index in [9.17, 15) is 9.59 Å². The minimum absolute atomic E-state index is 0.199. The number of methoxy groups -OCH3 is 1. The second-order valence-electron chi connectivity index (χ2n) is 4.55. The lowest BCUT2D eigenvalue weighted by molar-refractivity contribution is -0.140. The van der Waals surface area contributed by atoms with Crippen LogP contribution in [0.2, 0.25) is 0 Å². The molecule has 0 saturated heterocycles. The highest BCUT2D eigenvalue weighted by Gasteiger charge is 2.22. The lowest BCUT2D eigenvalue weighted by atomic mass is 10.2. The van der Waals surface area contributed by atoms with Gasteiger partial charge in [0.25, 0.3) is 5.56 Å². The van der Waals surface area contributed by atoms with Gasteiger partial charge in [0.2, 0.25) is 5.78 Å². The van der Waals surface area contributed by atoms with Crippen molar-refractivity contribution in [2.75, 3.05) is 7.11 Å². The largest absolute Gasteiger partial charge is 0.468 e. The summed E-state index contributed by atoms with van der Waals surface area (Å²) in [6.07, 6.45) is 2.26. The van der Waals surface area contributed by atoms with Crippen molar-refractivity contribution in [3.63, 3.8) is 0 Å². The Balaban J connectivity index is 2.45. The van der Waals surface area contributed by atoms with Gasteiger partial charge in [0.05, 0.1) is 7.11 Å². The monoisotopic (exact) mass is 310 g/mol. The van der Waals surface area contributed by atoms with E-state index in [0.29, 0.717) is 17.4 Å². The standard InChI is InChI=1S/C13H18N4O3S/c1-4-6-8-7-10(18)14-12-15-16-13(17(8)12)21-9(5-2)11(19)20-3/h7,9H,4-6H2,1-3H3,(H,14,15,18)/t9-/m1/s1. The maximum atomic E-state index is 11.7. The molecule has 2 rings (SSSR count). The average Bonchev–Trinajstić information content (AvgIpc) is 2.87. The van der Waals surface area contributed by atoms with Crippen molar-refractivity contribution in [3.8, 4) is 0 Å². The van der Waals surface area contributed by atoms with E-state index in [1.165, 1.54) is 18.9 Å². The number of thioether (sulfide) groups is 1. The van der Waals surface area contributed by atoms with E-state index in [-0.39, 0.29) is 16.8 Å². The molecule has 2 heterocycles. The third-order valence-corrected chi connectivity index (χ3v) is 4.33. The Hall–Kier alpha value is -1.83. The lowest BCUT2D eigenvalue weighted by Gasteiger charge is -2.11. The van der Waals surface area contributed by atoms with Gasteiger partial charge in [-0.25, -0.2) is 0 Å². The van der Waals surface area contributed by atoms with Crippen molar-refractivity contribution in [2.24, 2.45) is 0 Å². The first-order valence-corrected chi connectivity index (χ1v) is 7.70. The number of aryl methyl sites for hydroxylation is 1. The number of nitrogens with zero attached hydrogens (tertiary/aromatic N) is 3. The van der Waals surface area contributed by atoms with Gasteiger partial charge in [-0.1, -0.05) is 32.0 Å². The second-order valence-corrected chi connectivity index (χ2v) is 5.72. The van der Waals surface area contributed by atoms with Crippen LogP contribution in [0.1, 0.15) is 32.4 Å². The van der Waals surface area contributed by atoms with Gasteiger partial charge >= 0.3 is 5.97 Å². The first-order valence-electron chi connectivity index (χ1n) is 6.82. The van der Waals surface area contributed by atoms with Gasteiger partial charge in [0.1, 0.15) is 5.25 Å². The predicted octanol–water partition coefficient (Wildman–Crippen LogP) is 1.41. The third kappa shape index (κ3) is 3.26. The molecule has 0 bridgehead atoms. The van der Waals surface area contributed by atoms with Gasteiger partial charge in [0, 0.05) is 11.8 Å². The summed E-state index contributed by atoms with van der Waals surface area (Å²) in [5.41, 5.74) is 0.637. The van der Waals surface area contributed by atoms with Crippen LogP contribution in [0.5, 0.6) is 0 Å². The van der Waals surface area contributed by atoms with Crippen LogP contribution in [0.3, 0.4) is 0 Å². The van der Waals surface area contributed by atoms with E-state index in [2.05, 4.69) is 15.2 Å². The normalized spacial score (nSPS) is 12.5. The van der Waals surface area contributed by atoms with E-state index in [1.807, 2.05) is 13.8 Å². The van der Waals surface area contributed by atoms with Crippen molar-refractivity contribution < 1.29 is 9.53 Å². The molecule has 0 fully saturated rings. The number of aromatic amines is 1. The number of carbonyl (C=O) groups excluding carboxylic acids is 1. The number of hydrogen-bond donors (Lipinski definition) is 1. The van der Waals surface area contributed by atoms with Gasteiger partial charge in [-0.15, -0.1) is 10.2 Å². The summed E-state index contributed by atoms with van der Waals surface area (Å²) in [7, 11) is 1.37. The zero-order chi connectivity index (χ0) is 15.4. The molecule has 7 nitrogen and oxygen atoms in total. The van der Waals surface area contributed by atoms with Crippen molar-refractivity contribution in [1.82, 2.24) is 19.6 Å². The molecule has 0 aliphatic carbocycles. The Morgan fingerprint density at radius 1 is 1.48 bits per heavy atom. The van der Waals surface area contributed by atoms with E-state index in [0.717, 1.165) is 18.5 Å². The van der Waals surface area contributed by atoms with E-state index in [4.69, 9.17) is 4.74 Å². The van der Waals surface area contributed by atoms with Crippen LogP contribution in [0, 0.1) is 0 Å². The molecule has 0 unspecified atom stereocenters. The molecule has 0 aliphatic heterocycles. The Morgan fingerprint density at radius 3 is 2.86 bits per heavy atom. The summed E-state index contributed by atoms with van der Waals surface area (Å²) in [5, 5.41) is 8.30. The van der Waals surface area contributed by atoms with Gasteiger partial charge < -0.3 is 4.74 Å². The van der Waals surface area contributed by atoms with Crippen molar-refractivity contribution >= 4 is 23.5 Å². The zero-order valence-electron chi connectivity index (χ0n) is 12.3. The second kappa shape index (κ2) is 6.75. The maximum absolute atomic E-state index is 11.7. The van der Waals surface area contributed by atoms with Crippen LogP contribution >= 0.6 is 11.8 Å². The van der Waals surface area contributed by atoms with E-state index in [1.54, 1.807) is 10.5 Å². The topological polar surface area (TPSA) is 89.4 Å². The average molecular weight is 310 g/mol. The van der Waals surface area contributed by atoms with Crippen molar-refractivity contribution in [1.29, 1.82) is 0 Å². The highest BCUT2D eigenvalue weighted by molar-refractivity contribution is 8.00. The van der Waals surface area contributed by atoms with Crippen LogP contribution in [0.15, 0.2) is 16.0 Å². The smallest absolute Gasteiger partial charge is 0.319 e. The molecule has 0 aromatic carbocycles.